The van der Waals surface area contributed by atoms with Gasteiger partial charge in [0.1, 0.15) is 4.90 Å². The first kappa shape index (κ1) is 14.4. The Kier molecular flexibility index (Phi) is 3.92. The van der Waals surface area contributed by atoms with Crippen molar-refractivity contribution in [3.63, 3.8) is 0 Å². The summed E-state index contributed by atoms with van der Waals surface area (Å²) in [6.45, 7) is 3.47. The zero-order chi connectivity index (χ0) is 14.1. The average Bonchev–Trinajstić information content (AvgIpc) is 2.26. The van der Waals surface area contributed by atoms with Gasteiger partial charge in [0.15, 0.2) is 5.75 Å². The van der Waals surface area contributed by atoms with Crippen molar-refractivity contribution in [2.24, 2.45) is 0 Å². The van der Waals surface area contributed by atoms with Crippen LogP contribution in [0.15, 0.2) is 17.0 Å². The lowest BCUT2D eigenvalue weighted by Gasteiger charge is -2.12. The highest BCUT2D eigenvalue weighted by Gasteiger charge is 2.25. The van der Waals surface area contributed by atoms with Gasteiger partial charge in [-0.25, -0.2) is 0 Å². The predicted molar refractivity (Wildman–Crippen MR) is 63.3 cm³/mol. The first-order valence-electron chi connectivity index (χ1n) is 5.17. The van der Waals surface area contributed by atoms with E-state index in [1.807, 2.05) is 0 Å². The fourth-order valence-corrected chi connectivity index (χ4v) is 2.03. The molecule has 0 aliphatic carbocycles. The molecule has 0 amide bonds. The van der Waals surface area contributed by atoms with Crippen LogP contribution in [0.2, 0.25) is 0 Å². The third-order valence-corrected chi connectivity index (χ3v) is 3.56. The molecule has 1 unspecified atom stereocenters. The fourth-order valence-electron chi connectivity index (χ4n) is 1.50. The number of hydrogen-bond acceptors (Lipinski definition) is 5. The van der Waals surface area contributed by atoms with Crippen molar-refractivity contribution in [2.45, 2.75) is 31.1 Å². The molecule has 0 bridgehead atoms. The Morgan fingerprint density at radius 1 is 1.44 bits per heavy atom. The van der Waals surface area contributed by atoms with Crippen LogP contribution in [-0.4, -0.2) is 23.0 Å². The monoisotopic (exact) mass is 275 g/mol. The largest absolute Gasteiger partial charge is 0.502 e. The summed E-state index contributed by atoms with van der Waals surface area (Å²) in [5.74, 6) is -0.841. The van der Waals surface area contributed by atoms with E-state index in [-0.39, 0.29) is 11.5 Å². The highest BCUT2D eigenvalue weighted by Crippen LogP contribution is 2.37. The average molecular weight is 275 g/mol. The van der Waals surface area contributed by atoms with Gasteiger partial charge in [0.05, 0.1) is 4.92 Å². The summed E-state index contributed by atoms with van der Waals surface area (Å²) in [6, 6.07) is 1.68. The van der Waals surface area contributed by atoms with Gasteiger partial charge in [0.2, 0.25) is 0 Å². The number of hydrogen-bond donors (Lipinski definition) is 2. The maximum absolute atomic E-state index is 11.0. The van der Waals surface area contributed by atoms with Gasteiger partial charge in [0, 0.05) is 11.6 Å². The van der Waals surface area contributed by atoms with Gasteiger partial charge >= 0.3 is 5.69 Å². The van der Waals surface area contributed by atoms with E-state index in [4.69, 9.17) is 4.55 Å². The molecular weight excluding hydrogens is 262 g/mol. The summed E-state index contributed by atoms with van der Waals surface area (Å²) < 4.78 is 31.0. The Morgan fingerprint density at radius 2 is 2.00 bits per heavy atom. The van der Waals surface area contributed by atoms with Crippen LogP contribution in [0.25, 0.3) is 0 Å². The van der Waals surface area contributed by atoms with Crippen molar-refractivity contribution < 1.29 is 23.0 Å². The minimum absolute atomic E-state index is 0.124. The van der Waals surface area contributed by atoms with E-state index in [2.05, 4.69) is 0 Å². The second kappa shape index (κ2) is 4.91. The van der Waals surface area contributed by atoms with Gasteiger partial charge in [-0.2, -0.15) is 8.42 Å². The number of aromatic hydroxyl groups is 1. The van der Waals surface area contributed by atoms with Crippen molar-refractivity contribution in [3.8, 4) is 5.75 Å². The lowest BCUT2D eigenvalue weighted by Crippen LogP contribution is -2.03. The summed E-state index contributed by atoms with van der Waals surface area (Å²) in [5, 5.41) is 20.5. The van der Waals surface area contributed by atoms with Crippen LogP contribution in [0.5, 0.6) is 5.75 Å². The Hall–Kier alpha value is -1.67. The van der Waals surface area contributed by atoms with Crippen LogP contribution in [0.1, 0.15) is 31.7 Å². The SMILES string of the molecule is CCC(C)c1cc(S(=O)(=O)O)cc([N+](=O)[O-])c1O. The molecule has 7 nitrogen and oxygen atoms in total. The third kappa shape index (κ3) is 2.77. The maximum Gasteiger partial charge on any atom is 0.312 e. The van der Waals surface area contributed by atoms with E-state index in [1.165, 1.54) is 0 Å². The van der Waals surface area contributed by atoms with Gasteiger partial charge in [-0.15, -0.1) is 0 Å². The molecule has 0 spiro atoms. The number of nitro groups is 1. The van der Waals surface area contributed by atoms with Gasteiger partial charge in [0.25, 0.3) is 10.1 Å². The van der Waals surface area contributed by atoms with Gasteiger partial charge in [-0.05, 0) is 18.4 Å². The van der Waals surface area contributed by atoms with Crippen LogP contribution < -0.4 is 0 Å². The van der Waals surface area contributed by atoms with E-state index < -0.39 is 31.4 Å². The van der Waals surface area contributed by atoms with E-state index in [0.717, 1.165) is 6.07 Å². The third-order valence-electron chi connectivity index (χ3n) is 2.73. The topological polar surface area (TPSA) is 118 Å². The number of phenolic OH excluding ortho intramolecular Hbond substituents is 1. The second-order valence-electron chi connectivity index (χ2n) is 3.92. The molecule has 0 aliphatic heterocycles. The Bertz CT molecular complexity index is 580. The molecule has 0 fully saturated rings. The predicted octanol–water partition coefficient (Wildman–Crippen LogP) is 2.06. The van der Waals surface area contributed by atoms with Crippen LogP contribution in [0.3, 0.4) is 0 Å². The van der Waals surface area contributed by atoms with Crippen LogP contribution in [-0.2, 0) is 10.1 Å². The molecule has 1 aromatic rings. The fraction of sp³-hybridized carbons (Fsp3) is 0.400. The first-order valence-corrected chi connectivity index (χ1v) is 6.61. The molecule has 1 atom stereocenters. The zero-order valence-electron chi connectivity index (χ0n) is 9.82. The molecule has 8 heteroatoms. The van der Waals surface area contributed by atoms with Gasteiger partial charge < -0.3 is 5.11 Å². The molecule has 1 rings (SSSR count). The van der Waals surface area contributed by atoms with Gasteiger partial charge in [-0.1, -0.05) is 13.8 Å². The lowest BCUT2D eigenvalue weighted by atomic mass is 9.97. The van der Waals surface area contributed by atoms with E-state index >= 15 is 0 Å². The summed E-state index contributed by atoms with van der Waals surface area (Å²) in [7, 11) is -4.56. The summed E-state index contributed by atoms with van der Waals surface area (Å²) in [6.07, 6.45) is 0.555. The molecule has 1 aromatic carbocycles. The van der Waals surface area contributed by atoms with Crippen molar-refractivity contribution in [3.05, 3.63) is 27.8 Å². The summed E-state index contributed by atoms with van der Waals surface area (Å²) >= 11 is 0. The number of nitro benzene ring substituents is 1. The minimum Gasteiger partial charge on any atom is -0.502 e. The standard InChI is InChI=1S/C10H13NO6S/c1-3-6(2)8-4-7(18(15,16)17)5-9(10(8)12)11(13)14/h4-6,12H,3H2,1-2H3,(H,15,16,17). The molecule has 0 saturated heterocycles. The quantitative estimate of drug-likeness (QED) is 0.493. The summed E-state index contributed by atoms with van der Waals surface area (Å²) in [4.78, 5) is 9.25. The highest BCUT2D eigenvalue weighted by molar-refractivity contribution is 7.85. The van der Waals surface area contributed by atoms with Gasteiger partial charge in [-0.3, -0.25) is 14.7 Å². The minimum atomic E-state index is -4.56. The normalized spacial score (nSPS) is 13.3. The Balaban J connectivity index is 3.62. The van der Waals surface area contributed by atoms with Crippen molar-refractivity contribution in [1.82, 2.24) is 0 Å². The number of phenols is 1. The van der Waals surface area contributed by atoms with Crippen LogP contribution in [0, 0.1) is 10.1 Å². The molecule has 0 aromatic heterocycles. The van der Waals surface area contributed by atoms with E-state index in [9.17, 15) is 23.6 Å². The van der Waals surface area contributed by atoms with E-state index in [0.29, 0.717) is 12.5 Å². The molecule has 0 saturated carbocycles. The number of nitrogens with zero attached hydrogens (tertiary/aromatic N) is 1. The number of rotatable bonds is 4. The van der Waals surface area contributed by atoms with E-state index in [1.54, 1.807) is 13.8 Å². The Morgan fingerprint density at radius 3 is 2.39 bits per heavy atom. The molecule has 100 valence electrons. The van der Waals surface area contributed by atoms with Crippen molar-refractivity contribution >= 4 is 15.8 Å². The van der Waals surface area contributed by atoms with Crippen LogP contribution >= 0.6 is 0 Å². The molecule has 0 aliphatic rings. The lowest BCUT2D eigenvalue weighted by molar-refractivity contribution is -0.386. The molecule has 0 radical (unpaired) electrons. The van der Waals surface area contributed by atoms with Crippen LogP contribution in [0.4, 0.5) is 5.69 Å². The first-order chi connectivity index (χ1) is 8.18. The smallest absolute Gasteiger partial charge is 0.312 e. The van der Waals surface area contributed by atoms with Crippen molar-refractivity contribution in [2.75, 3.05) is 0 Å². The molecular formula is C10H13NO6S. The molecule has 2 N–H and O–H groups in total. The second-order valence-corrected chi connectivity index (χ2v) is 5.34. The maximum atomic E-state index is 11.0. The highest BCUT2D eigenvalue weighted by atomic mass is 32.2. The molecule has 18 heavy (non-hydrogen) atoms. The summed E-state index contributed by atoms with van der Waals surface area (Å²) in [5.41, 5.74) is -0.611. The molecule has 0 heterocycles. The van der Waals surface area contributed by atoms with Crippen molar-refractivity contribution in [1.29, 1.82) is 0 Å². The number of benzene rings is 1. The zero-order valence-corrected chi connectivity index (χ0v) is 10.6. The Labute approximate surface area is 104 Å².